The van der Waals surface area contributed by atoms with E-state index in [2.05, 4.69) is 25.9 Å². The van der Waals surface area contributed by atoms with Crippen molar-refractivity contribution in [2.45, 2.75) is 26.0 Å². The molecule has 3 atom stereocenters. The minimum absolute atomic E-state index is 0.106. The van der Waals surface area contributed by atoms with E-state index in [1.807, 2.05) is 6.92 Å². The summed E-state index contributed by atoms with van der Waals surface area (Å²) in [5.74, 6) is -0.296. The minimum Gasteiger partial charge on any atom is -0.472 e. The van der Waals surface area contributed by atoms with Crippen LogP contribution in [-0.4, -0.2) is 75.6 Å². The highest BCUT2D eigenvalue weighted by molar-refractivity contribution is 9.10. The molecule has 30 heavy (non-hydrogen) atoms. The van der Waals surface area contributed by atoms with Crippen LogP contribution in [0, 0.1) is 5.92 Å². The number of halogens is 1. The summed E-state index contributed by atoms with van der Waals surface area (Å²) in [6, 6.07) is 4.74. The predicted octanol–water partition coefficient (Wildman–Crippen LogP) is 2.23. The molecule has 1 aliphatic heterocycles. The van der Waals surface area contributed by atoms with E-state index in [0.717, 1.165) is 0 Å². The van der Waals surface area contributed by atoms with Crippen LogP contribution in [0.1, 0.15) is 34.6 Å². The number of fused-ring (bicyclic) bond motifs is 1. The van der Waals surface area contributed by atoms with Crippen LogP contribution in [0.15, 0.2) is 41.3 Å². The van der Waals surface area contributed by atoms with Gasteiger partial charge in [0.2, 0.25) is 5.88 Å². The lowest BCUT2D eigenvalue weighted by Gasteiger charge is -2.37. The largest absolute Gasteiger partial charge is 0.472 e. The fourth-order valence-electron chi connectivity index (χ4n) is 3.36. The van der Waals surface area contributed by atoms with Gasteiger partial charge in [-0.2, -0.15) is 0 Å². The van der Waals surface area contributed by atoms with E-state index < -0.39 is 6.10 Å². The Bertz CT molecular complexity index is 911. The second kappa shape index (κ2) is 9.53. The zero-order valence-corrected chi connectivity index (χ0v) is 18.7. The van der Waals surface area contributed by atoms with Gasteiger partial charge in [0.05, 0.1) is 24.8 Å². The van der Waals surface area contributed by atoms with Crippen molar-refractivity contribution >= 4 is 27.7 Å². The first kappa shape index (κ1) is 22.2. The molecule has 0 aromatic carbocycles. The number of aliphatic hydroxyl groups excluding tert-OH is 1. The summed E-state index contributed by atoms with van der Waals surface area (Å²) in [5, 5.41) is 9.66. The van der Waals surface area contributed by atoms with Crippen molar-refractivity contribution < 1.29 is 19.4 Å². The van der Waals surface area contributed by atoms with E-state index >= 15 is 0 Å². The Balaban J connectivity index is 1.90. The first-order valence-electron chi connectivity index (χ1n) is 9.71. The van der Waals surface area contributed by atoms with Crippen LogP contribution in [0.3, 0.4) is 0 Å². The van der Waals surface area contributed by atoms with E-state index in [-0.39, 0.29) is 36.3 Å². The second-order valence-electron chi connectivity index (χ2n) is 7.56. The molecular weight excluding hydrogens is 452 g/mol. The molecule has 9 heteroatoms. The monoisotopic (exact) mass is 476 g/mol. The average Bonchev–Trinajstić information content (AvgIpc) is 2.76. The van der Waals surface area contributed by atoms with Gasteiger partial charge in [-0.05, 0) is 41.1 Å². The number of ether oxygens (including phenoxy) is 1. The fourth-order valence-corrected chi connectivity index (χ4v) is 3.69. The molecule has 0 spiro atoms. The molecule has 0 radical (unpaired) electrons. The summed E-state index contributed by atoms with van der Waals surface area (Å²) >= 11 is 3.35. The molecule has 0 saturated carbocycles. The highest BCUT2D eigenvalue weighted by Crippen LogP contribution is 2.28. The summed E-state index contributed by atoms with van der Waals surface area (Å²) in [6.45, 7) is 4.29. The third-order valence-electron chi connectivity index (χ3n) is 5.20. The summed E-state index contributed by atoms with van der Waals surface area (Å²) in [7, 11) is 1.71. The highest BCUT2D eigenvalue weighted by Gasteiger charge is 2.34. The molecule has 0 saturated heterocycles. The van der Waals surface area contributed by atoms with Crippen molar-refractivity contribution in [3.63, 3.8) is 0 Å². The molecule has 160 valence electrons. The Kier molecular flexibility index (Phi) is 7.04. The molecule has 0 unspecified atom stereocenters. The van der Waals surface area contributed by atoms with Crippen molar-refractivity contribution in [2.75, 3.05) is 26.7 Å². The lowest BCUT2D eigenvalue weighted by atomic mass is 10.00. The van der Waals surface area contributed by atoms with E-state index in [4.69, 9.17) is 4.74 Å². The van der Waals surface area contributed by atoms with Gasteiger partial charge in [-0.3, -0.25) is 14.6 Å². The van der Waals surface area contributed by atoms with Crippen LogP contribution in [0.5, 0.6) is 5.88 Å². The number of aromatic nitrogens is 2. The van der Waals surface area contributed by atoms with E-state index in [9.17, 15) is 14.7 Å². The average molecular weight is 477 g/mol. The van der Waals surface area contributed by atoms with Crippen LogP contribution in [0.25, 0.3) is 0 Å². The van der Waals surface area contributed by atoms with Gasteiger partial charge in [0.25, 0.3) is 11.8 Å². The molecule has 1 N–H and O–H groups in total. The number of hydrogen-bond acceptors (Lipinski definition) is 6. The Hall–Kier alpha value is -2.52. The van der Waals surface area contributed by atoms with Crippen molar-refractivity contribution in [1.82, 2.24) is 19.8 Å². The maximum Gasteiger partial charge on any atom is 0.259 e. The van der Waals surface area contributed by atoms with Gasteiger partial charge in [0.15, 0.2) is 0 Å². The lowest BCUT2D eigenvalue weighted by Crippen LogP contribution is -2.50. The Morgan fingerprint density at radius 3 is 2.90 bits per heavy atom. The quantitative estimate of drug-likeness (QED) is 0.710. The van der Waals surface area contributed by atoms with Crippen molar-refractivity contribution in [2.24, 2.45) is 5.92 Å². The molecule has 2 aromatic rings. The summed E-state index contributed by atoms with van der Waals surface area (Å²) in [4.78, 5) is 37.4. The smallest absolute Gasteiger partial charge is 0.259 e. The van der Waals surface area contributed by atoms with Gasteiger partial charge in [0.1, 0.15) is 11.7 Å². The maximum absolute atomic E-state index is 13.1. The molecule has 0 aliphatic carbocycles. The van der Waals surface area contributed by atoms with Gasteiger partial charge < -0.3 is 19.6 Å². The molecule has 2 amide bonds. The summed E-state index contributed by atoms with van der Waals surface area (Å²) in [5.41, 5.74) is 0.814. The highest BCUT2D eigenvalue weighted by atomic mass is 79.9. The van der Waals surface area contributed by atoms with E-state index in [1.54, 1.807) is 54.4 Å². The van der Waals surface area contributed by atoms with Crippen LogP contribution < -0.4 is 4.74 Å². The SMILES string of the molecule is C[C@H](CO)N1C[C@H](C)[C@H](CN(C)C(=O)c2cccnc2)Oc2ncc(Br)cc2C1=O. The number of amides is 2. The van der Waals surface area contributed by atoms with Gasteiger partial charge >= 0.3 is 0 Å². The van der Waals surface area contributed by atoms with Crippen LogP contribution in [-0.2, 0) is 0 Å². The van der Waals surface area contributed by atoms with E-state index in [1.165, 1.54) is 6.20 Å². The van der Waals surface area contributed by atoms with Crippen LogP contribution in [0.2, 0.25) is 0 Å². The normalized spacial score (nSPS) is 19.9. The summed E-state index contributed by atoms with van der Waals surface area (Å²) in [6.07, 6.45) is 4.31. The third kappa shape index (κ3) is 4.79. The number of likely N-dealkylation sites (N-methyl/N-ethyl adjacent to an activating group) is 1. The number of aliphatic hydroxyl groups is 1. The number of pyridine rings is 2. The molecule has 1 aliphatic rings. The van der Waals surface area contributed by atoms with Crippen molar-refractivity contribution in [1.29, 1.82) is 0 Å². The zero-order chi connectivity index (χ0) is 21.8. The first-order chi connectivity index (χ1) is 14.3. The molecule has 3 heterocycles. The van der Waals surface area contributed by atoms with Crippen molar-refractivity contribution in [3.05, 3.63) is 52.4 Å². The Labute approximate surface area is 184 Å². The van der Waals surface area contributed by atoms with Gasteiger partial charge in [-0.1, -0.05) is 6.92 Å². The third-order valence-corrected chi connectivity index (χ3v) is 5.63. The second-order valence-corrected chi connectivity index (χ2v) is 8.47. The molecular formula is C21H25BrN4O4. The van der Waals surface area contributed by atoms with Crippen LogP contribution >= 0.6 is 15.9 Å². The number of hydrogen-bond donors (Lipinski definition) is 1. The number of rotatable bonds is 5. The number of carbonyl (C=O) groups excluding carboxylic acids is 2. The van der Waals surface area contributed by atoms with Gasteiger partial charge in [-0.15, -0.1) is 0 Å². The number of carbonyl (C=O) groups is 2. The molecule has 8 nitrogen and oxygen atoms in total. The van der Waals surface area contributed by atoms with Crippen LogP contribution in [0.4, 0.5) is 0 Å². The fraction of sp³-hybridized carbons (Fsp3) is 0.429. The van der Waals surface area contributed by atoms with Gasteiger partial charge in [-0.25, -0.2) is 4.98 Å². The minimum atomic E-state index is -0.399. The van der Waals surface area contributed by atoms with E-state index in [0.29, 0.717) is 28.7 Å². The first-order valence-corrected chi connectivity index (χ1v) is 10.5. The maximum atomic E-state index is 13.1. The Morgan fingerprint density at radius 1 is 1.47 bits per heavy atom. The molecule has 0 bridgehead atoms. The topological polar surface area (TPSA) is 95.9 Å². The van der Waals surface area contributed by atoms with Crippen molar-refractivity contribution in [3.8, 4) is 5.88 Å². The Morgan fingerprint density at radius 2 is 2.23 bits per heavy atom. The lowest BCUT2D eigenvalue weighted by molar-refractivity contribution is 0.0313. The summed E-state index contributed by atoms with van der Waals surface area (Å²) < 4.78 is 6.80. The molecule has 0 fully saturated rings. The zero-order valence-electron chi connectivity index (χ0n) is 17.2. The number of nitrogens with zero attached hydrogens (tertiary/aromatic N) is 4. The standard InChI is InChI=1S/C21H25BrN4O4/c1-13-10-26(14(2)12-27)21(29)17-7-16(22)9-24-19(17)30-18(13)11-25(3)20(28)15-5-4-6-23-8-15/h4-9,13-14,18,27H,10-12H2,1-3H3/t13-,14+,18-/m0/s1. The molecule has 2 aromatic heterocycles. The van der Waals surface area contributed by atoms with Gasteiger partial charge in [0, 0.05) is 42.6 Å². The predicted molar refractivity (Wildman–Crippen MR) is 114 cm³/mol. The molecule has 3 rings (SSSR count).